The maximum absolute atomic E-state index is 12.7. The van der Waals surface area contributed by atoms with E-state index in [4.69, 9.17) is 0 Å². The number of para-hydroxylation sites is 2. The Balaban J connectivity index is 1.29. The lowest BCUT2D eigenvalue weighted by Crippen LogP contribution is -2.40. The number of fused-ring (bicyclic) bond motifs is 1. The molecule has 6 rings (SSSR count). The first-order valence-corrected chi connectivity index (χ1v) is 12.1. The standard InChI is InChI=1S/C27H27N7O/c35-27-28-23-13-7-8-14-24(23)34(27)22-15-17-32(18-16-22)25(21-11-5-2-6-12-21)26-29-30-31-33(26)19-20-9-3-1-4-10-20/h1-14,22,25H,15-19H2,(H,28,35). The van der Waals surface area contributed by atoms with Gasteiger partial charge in [0.1, 0.15) is 0 Å². The van der Waals surface area contributed by atoms with E-state index in [9.17, 15) is 4.79 Å². The minimum absolute atomic E-state index is 0.0314. The van der Waals surface area contributed by atoms with E-state index in [1.165, 1.54) is 5.56 Å². The maximum atomic E-state index is 12.7. The van der Waals surface area contributed by atoms with Gasteiger partial charge in [0.25, 0.3) is 0 Å². The molecule has 1 unspecified atom stereocenters. The summed E-state index contributed by atoms with van der Waals surface area (Å²) in [6, 6.07) is 28.7. The SMILES string of the molecule is O=c1[nH]c2ccccc2n1C1CCN(C(c2ccccc2)c2nnnn2Cc2ccccc2)CC1. The normalized spacial score (nSPS) is 16.0. The van der Waals surface area contributed by atoms with Gasteiger partial charge in [-0.15, -0.1) is 5.10 Å². The number of rotatable bonds is 6. The van der Waals surface area contributed by atoms with E-state index in [-0.39, 0.29) is 17.8 Å². The fraction of sp³-hybridized carbons (Fsp3) is 0.259. The molecule has 8 heteroatoms. The predicted octanol–water partition coefficient (Wildman–Crippen LogP) is 3.79. The Morgan fingerprint density at radius 2 is 1.57 bits per heavy atom. The molecule has 0 amide bonds. The zero-order chi connectivity index (χ0) is 23.6. The summed E-state index contributed by atoms with van der Waals surface area (Å²) in [5, 5.41) is 12.9. The highest BCUT2D eigenvalue weighted by Crippen LogP contribution is 2.33. The topological polar surface area (TPSA) is 84.6 Å². The number of aromatic amines is 1. The summed E-state index contributed by atoms with van der Waals surface area (Å²) in [5.74, 6) is 0.836. The first kappa shape index (κ1) is 21.5. The zero-order valence-electron chi connectivity index (χ0n) is 19.4. The molecule has 0 bridgehead atoms. The molecule has 5 aromatic rings. The van der Waals surface area contributed by atoms with Crippen LogP contribution in [-0.4, -0.2) is 47.7 Å². The van der Waals surface area contributed by atoms with Gasteiger partial charge in [0.05, 0.1) is 23.6 Å². The van der Waals surface area contributed by atoms with Crippen molar-refractivity contribution >= 4 is 11.0 Å². The summed E-state index contributed by atoms with van der Waals surface area (Å²) >= 11 is 0. The Bertz CT molecular complexity index is 1460. The average Bonchev–Trinajstić information content (AvgIpc) is 3.49. The molecule has 3 aromatic carbocycles. The van der Waals surface area contributed by atoms with Crippen LogP contribution in [0.2, 0.25) is 0 Å². The molecule has 35 heavy (non-hydrogen) atoms. The van der Waals surface area contributed by atoms with Crippen LogP contribution >= 0.6 is 0 Å². The van der Waals surface area contributed by atoms with Gasteiger partial charge in [0, 0.05) is 19.1 Å². The van der Waals surface area contributed by atoms with E-state index in [1.807, 2.05) is 57.8 Å². The van der Waals surface area contributed by atoms with Crippen LogP contribution in [0.4, 0.5) is 0 Å². The molecule has 0 saturated carbocycles. The Kier molecular flexibility index (Phi) is 5.71. The number of likely N-dealkylation sites (tertiary alicyclic amines) is 1. The van der Waals surface area contributed by atoms with Gasteiger partial charge in [-0.25, -0.2) is 9.48 Å². The first-order valence-electron chi connectivity index (χ1n) is 12.1. The molecule has 1 aliphatic rings. The number of piperidine rings is 1. The van der Waals surface area contributed by atoms with E-state index < -0.39 is 0 Å². The summed E-state index contributed by atoms with van der Waals surface area (Å²) in [7, 11) is 0. The summed E-state index contributed by atoms with van der Waals surface area (Å²) in [4.78, 5) is 18.2. The molecule has 1 fully saturated rings. The molecular formula is C27H27N7O. The van der Waals surface area contributed by atoms with E-state index in [0.717, 1.165) is 48.4 Å². The van der Waals surface area contributed by atoms with Crippen LogP contribution in [0.3, 0.4) is 0 Å². The predicted molar refractivity (Wildman–Crippen MR) is 134 cm³/mol. The van der Waals surface area contributed by atoms with Gasteiger partial charge in [0.2, 0.25) is 0 Å². The van der Waals surface area contributed by atoms with Crippen molar-refractivity contribution in [3.8, 4) is 0 Å². The van der Waals surface area contributed by atoms with Gasteiger partial charge in [-0.2, -0.15) is 0 Å². The van der Waals surface area contributed by atoms with Crippen LogP contribution in [0, 0.1) is 0 Å². The number of hydrogen-bond donors (Lipinski definition) is 1. The molecule has 176 valence electrons. The largest absolute Gasteiger partial charge is 0.326 e. The summed E-state index contributed by atoms with van der Waals surface area (Å²) in [5.41, 5.74) is 4.16. The van der Waals surface area contributed by atoms with Gasteiger partial charge in [0.15, 0.2) is 5.82 Å². The number of nitrogens with zero attached hydrogens (tertiary/aromatic N) is 6. The number of aromatic nitrogens is 6. The maximum Gasteiger partial charge on any atom is 0.326 e. The van der Waals surface area contributed by atoms with Crippen molar-refractivity contribution in [2.75, 3.05) is 13.1 Å². The second-order valence-corrected chi connectivity index (χ2v) is 9.08. The van der Waals surface area contributed by atoms with E-state index in [0.29, 0.717) is 6.54 Å². The van der Waals surface area contributed by atoms with Crippen molar-refractivity contribution in [3.05, 3.63) is 112 Å². The molecule has 1 N–H and O–H groups in total. The Morgan fingerprint density at radius 3 is 2.34 bits per heavy atom. The molecule has 0 aliphatic carbocycles. The van der Waals surface area contributed by atoms with Crippen LogP contribution in [0.5, 0.6) is 0 Å². The molecular weight excluding hydrogens is 438 g/mol. The number of benzene rings is 3. The third-order valence-corrected chi connectivity index (χ3v) is 6.95. The molecule has 1 aliphatic heterocycles. The molecule has 1 atom stereocenters. The highest BCUT2D eigenvalue weighted by molar-refractivity contribution is 5.75. The molecule has 2 aromatic heterocycles. The smallest absolute Gasteiger partial charge is 0.306 e. The third-order valence-electron chi connectivity index (χ3n) is 6.95. The number of hydrogen-bond acceptors (Lipinski definition) is 5. The van der Waals surface area contributed by atoms with Gasteiger partial charge in [-0.1, -0.05) is 72.8 Å². The summed E-state index contributed by atoms with van der Waals surface area (Å²) in [6.45, 7) is 2.30. The van der Waals surface area contributed by atoms with Crippen LogP contribution in [0.25, 0.3) is 11.0 Å². The Labute approximate surface area is 202 Å². The highest BCUT2D eigenvalue weighted by Gasteiger charge is 2.32. The summed E-state index contributed by atoms with van der Waals surface area (Å²) in [6.07, 6.45) is 1.76. The van der Waals surface area contributed by atoms with Crippen molar-refractivity contribution in [1.82, 2.24) is 34.7 Å². The fourth-order valence-corrected chi connectivity index (χ4v) is 5.27. The lowest BCUT2D eigenvalue weighted by molar-refractivity contribution is 0.146. The number of tetrazole rings is 1. The minimum atomic E-state index is -0.0597. The van der Waals surface area contributed by atoms with Crippen molar-refractivity contribution in [2.45, 2.75) is 31.5 Å². The van der Waals surface area contributed by atoms with Crippen molar-refractivity contribution < 1.29 is 0 Å². The minimum Gasteiger partial charge on any atom is -0.306 e. The number of nitrogens with one attached hydrogen (secondary N) is 1. The van der Waals surface area contributed by atoms with Crippen LogP contribution in [-0.2, 0) is 6.54 Å². The Hall–Kier alpha value is -4.04. The van der Waals surface area contributed by atoms with E-state index in [2.05, 4.69) is 61.8 Å². The van der Waals surface area contributed by atoms with E-state index >= 15 is 0 Å². The monoisotopic (exact) mass is 465 g/mol. The molecule has 0 spiro atoms. The fourth-order valence-electron chi connectivity index (χ4n) is 5.27. The van der Waals surface area contributed by atoms with Crippen molar-refractivity contribution in [1.29, 1.82) is 0 Å². The van der Waals surface area contributed by atoms with Gasteiger partial charge >= 0.3 is 5.69 Å². The average molecular weight is 466 g/mol. The lowest BCUT2D eigenvalue weighted by atomic mass is 9.98. The van der Waals surface area contributed by atoms with Crippen molar-refractivity contribution in [3.63, 3.8) is 0 Å². The highest BCUT2D eigenvalue weighted by atomic mass is 16.1. The quantitative estimate of drug-likeness (QED) is 0.412. The van der Waals surface area contributed by atoms with Crippen LogP contribution in [0.15, 0.2) is 89.7 Å². The zero-order valence-corrected chi connectivity index (χ0v) is 19.4. The lowest BCUT2D eigenvalue weighted by Gasteiger charge is -2.37. The number of H-pyrrole nitrogens is 1. The summed E-state index contributed by atoms with van der Waals surface area (Å²) < 4.78 is 3.84. The number of imidazole rings is 1. The first-order chi connectivity index (χ1) is 17.3. The van der Waals surface area contributed by atoms with Crippen LogP contribution in [0.1, 0.15) is 41.9 Å². The molecule has 1 saturated heterocycles. The third kappa shape index (κ3) is 4.17. The molecule has 3 heterocycles. The van der Waals surface area contributed by atoms with Gasteiger partial charge in [-0.05, 0) is 46.5 Å². The van der Waals surface area contributed by atoms with E-state index in [1.54, 1.807) is 0 Å². The van der Waals surface area contributed by atoms with Gasteiger partial charge < -0.3 is 4.98 Å². The molecule has 8 nitrogen and oxygen atoms in total. The second-order valence-electron chi connectivity index (χ2n) is 9.08. The molecule has 0 radical (unpaired) electrons. The van der Waals surface area contributed by atoms with Gasteiger partial charge in [-0.3, -0.25) is 9.47 Å². The second kappa shape index (κ2) is 9.31. The van der Waals surface area contributed by atoms with Crippen molar-refractivity contribution in [2.24, 2.45) is 0 Å². The Morgan fingerprint density at radius 1 is 0.886 bits per heavy atom. The van der Waals surface area contributed by atoms with Crippen LogP contribution < -0.4 is 5.69 Å².